The number of rotatable bonds is 6. The van der Waals surface area contributed by atoms with Crippen LogP contribution in [0, 0.1) is 5.92 Å². The SMILES string of the molecule is NCCC1CCC(Nc2cnn(Cc3ccccc3)c(=O)c2Cl)C1. The minimum atomic E-state index is -0.262. The van der Waals surface area contributed by atoms with E-state index in [0.717, 1.165) is 31.4 Å². The molecular formula is C18H23ClN4O. The zero-order chi connectivity index (χ0) is 16.9. The number of nitrogens with zero attached hydrogens (tertiary/aromatic N) is 2. The van der Waals surface area contributed by atoms with E-state index >= 15 is 0 Å². The third kappa shape index (κ3) is 3.97. The number of hydrogen-bond donors (Lipinski definition) is 2. The molecule has 0 saturated heterocycles. The first-order valence-corrected chi connectivity index (χ1v) is 8.81. The highest BCUT2D eigenvalue weighted by Gasteiger charge is 2.25. The van der Waals surface area contributed by atoms with E-state index in [1.165, 1.54) is 11.1 Å². The Bertz CT molecular complexity index is 732. The van der Waals surface area contributed by atoms with Crippen LogP contribution in [0.1, 0.15) is 31.2 Å². The largest absolute Gasteiger partial charge is 0.380 e. The lowest BCUT2D eigenvalue weighted by molar-refractivity contribution is 0.506. The summed E-state index contributed by atoms with van der Waals surface area (Å²) in [4.78, 5) is 12.4. The predicted octanol–water partition coefficient (Wildman–Crippen LogP) is 2.87. The summed E-state index contributed by atoms with van der Waals surface area (Å²) in [5.74, 6) is 0.665. The topological polar surface area (TPSA) is 72.9 Å². The molecule has 3 N–H and O–H groups in total. The molecule has 1 aliphatic carbocycles. The number of nitrogens with two attached hydrogens (primary N) is 1. The van der Waals surface area contributed by atoms with Crippen LogP contribution in [-0.4, -0.2) is 22.4 Å². The van der Waals surface area contributed by atoms with Gasteiger partial charge in [0.1, 0.15) is 5.02 Å². The standard InChI is InChI=1S/C18H23ClN4O/c19-17-16(22-15-7-6-13(10-15)8-9-20)11-21-23(18(17)24)12-14-4-2-1-3-5-14/h1-5,11,13,15,22H,6-10,12,20H2. The lowest BCUT2D eigenvalue weighted by Gasteiger charge is -2.16. The Hall–Kier alpha value is -1.85. The zero-order valence-corrected chi connectivity index (χ0v) is 14.4. The smallest absolute Gasteiger partial charge is 0.287 e. The van der Waals surface area contributed by atoms with Gasteiger partial charge in [-0.3, -0.25) is 4.79 Å². The van der Waals surface area contributed by atoms with Crippen molar-refractivity contribution < 1.29 is 0 Å². The number of halogens is 1. The van der Waals surface area contributed by atoms with Crippen LogP contribution < -0.4 is 16.6 Å². The molecule has 1 saturated carbocycles. The van der Waals surface area contributed by atoms with E-state index in [-0.39, 0.29) is 10.6 Å². The van der Waals surface area contributed by atoms with Crippen molar-refractivity contribution in [2.75, 3.05) is 11.9 Å². The molecule has 0 aliphatic heterocycles. The number of anilines is 1. The Morgan fingerprint density at radius 3 is 2.83 bits per heavy atom. The molecule has 1 aliphatic rings. The molecule has 128 valence electrons. The molecule has 5 nitrogen and oxygen atoms in total. The molecule has 0 amide bonds. The fraction of sp³-hybridized carbons (Fsp3) is 0.444. The van der Waals surface area contributed by atoms with E-state index in [1.807, 2.05) is 30.3 Å². The summed E-state index contributed by atoms with van der Waals surface area (Å²) in [5, 5.41) is 7.86. The second kappa shape index (κ2) is 7.81. The molecule has 1 fully saturated rings. The molecule has 2 atom stereocenters. The molecule has 0 spiro atoms. The van der Waals surface area contributed by atoms with Gasteiger partial charge in [-0.2, -0.15) is 5.10 Å². The molecule has 0 bridgehead atoms. The summed E-state index contributed by atoms with van der Waals surface area (Å²) in [7, 11) is 0. The first-order chi connectivity index (χ1) is 11.7. The highest BCUT2D eigenvalue weighted by atomic mass is 35.5. The fourth-order valence-corrected chi connectivity index (χ4v) is 3.56. The van der Waals surface area contributed by atoms with Crippen molar-refractivity contribution >= 4 is 17.3 Å². The molecule has 24 heavy (non-hydrogen) atoms. The van der Waals surface area contributed by atoms with Crippen LogP contribution in [0.15, 0.2) is 41.3 Å². The van der Waals surface area contributed by atoms with Crippen LogP contribution in [0.2, 0.25) is 5.02 Å². The van der Waals surface area contributed by atoms with Crippen molar-refractivity contribution in [1.29, 1.82) is 0 Å². The van der Waals surface area contributed by atoms with Crippen molar-refractivity contribution in [3.05, 3.63) is 57.5 Å². The lowest BCUT2D eigenvalue weighted by Crippen LogP contribution is -2.26. The molecule has 0 radical (unpaired) electrons. The summed E-state index contributed by atoms with van der Waals surface area (Å²) in [6, 6.07) is 10.1. The monoisotopic (exact) mass is 346 g/mol. The summed E-state index contributed by atoms with van der Waals surface area (Å²) >= 11 is 6.28. The summed E-state index contributed by atoms with van der Waals surface area (Å²) in [5.41, 5.74) is 7.02. The van der Waals surface area contributed by atoms with Gasteiger partial charge < -0.3 is 11.1 Å². The summed E-state index contributed by atoms with van der Waals surface area (Å²) in [6.45, 7) is 1.15. The molecule has 2 unspecified atom stereocenters. The van der Waals surface area contributed by atoms with Crippen molar-refractivity contribution in [2.24, 2.45) is 11.7 Å². The van der Waals surface area contributed by atoms with E-state index in [0.29, 0.717) is 24.2 Å². The van der Waals surface area contributed by atoms with E-state index in [9.17, 15) is 4.79 Å². The maximum Gasteiger partial charge on any atom is 0.287 e. The number of benzene rings is 1. The molecule has 1 aromatic heterocycles. The van der Waals surface area contributed by atoms with Crippen molar-refractivity contribution in [3.63, 3.8) is 0 Å². The van der Waals surface area contributed by atoms with Gasteiger partial charge in [-0.1, -0.05) is 41.9 Å². The highest BCUT2D eigenvalue weighted by molar-refractivity contribution is 6.32. The van der Waals surface area contributed by atoms with Crippen molar-refractivity contribution in [1.82, 2.24) is 9.78 Å². The van der Waals surface area contributed by atoms with Gasteiger partial charge in [0.25, 0.3) is 5.56 Å². The first kappa shape index (κ1) is 17.0. The lowest BCUT2D eigenvalue weighted by atomic mass is 10.0. The number of aromatic nitrogens is 2. The van der Waals surface area contributed by atoms with Gasteiger partial charge in [-0.15, -0.1) is 0 Å². The van der Waals surface area contributed by atoms with Gasteiger partial charge in [0, 0.05) is 6.04 Å². The molecule has 2 aromatic rings. The van der Waals surface area contributed by atoms with Crippen molar-refractivity contribution in [3.8, 4) is 0 Å². The van der Waals surface area contributed by atoms with Gasteiger partial charge in [0.15, 0.2) is 0 Å². The van der Waals surface area contributed by atoms with Crippen LogP contribution in [0.3, 0.4) is 0 Å². The summed E-state index contributed by atoms with van der Waals surface area (Å²) in [6.07, 6.45) is 6.03. The molecule has 3 rings (SSSR count). The highest BCUT2D eigenvalue weighted by Crippen LogP contribution is 2.31. The normalized spacial score (nSPS) is 20.2. The summed E-state index contributed by atoms with van der Waals surface area (Å²) < 4.78 is 1.40. The van der Waals surface area contributed by atoms with Crippen molar-refractivity contribution in [2.45, 2.75) is 38.3 Å². The number of nitrogens with one attached hydrogen (secondary N) is 1. The van der Waals surface area contributed by atoms with E-state index in [1.54, 1.807) is 6.20 Å². The maximum atomic E-state index is 12.4. The Morgan fingerprint density at radius 2 is 2.08 bits per heavy atom. The second-order valence-electron chi connectivity index (χ2n) is 6.42. The van der Waals surface area contributed by atoms with Crippen LogP contribution >= 0.6 is 11.6 Å². The zero-order valence-electron chi connectivity index (χ0n) is 13.6. The minimum Gasteiger partial charge on any atom is -0.380 e. The molecule has 6 heteroatoms. The predicted molar refractivity (Wildman–Crippen MR) is 97.5 cm³/mol. The van der Waals surface area contributed by atoms with Crippen LogP contribution in [0.5, 0.6) is 0 Å². The van der Waals surface area contributed by atoms with Crippen LogP contribution in [0.25, 0.3) is 0 Å². The van der Waals surface area contributed by atoms with E-state index < -0.39 is 0 Å². The second-order valence-corrected chi connectivity index (χ2v) is 6.80. The van der Waals surface area contributed by atoms with Gasteiger partial charge in [-0.25, -0.2) is 4.68 Å². The van der Waals surface area contributed by atoms with E-state index in [2.05, 4.69) is 10.4 Å². The Kier molecular flexibility index (Phi) is 5.53. The van der Waals surface area contributed by atoms with E-state index in [4.69, 9.17) is 17.3 Å². The van der Waals surface area contributed by atoms with Gasteiger partial charge in [0.2, 0.25) is 0 Å². The average molecular weight is 347 g/mol. The molecule has 1 heterocycles. The molecular weight excluding hydrogens is 324 g/mol. The Balaban J connectivity index is 1.70. The Labute approximate surface area is 146 Å². The quantitative estimate of drug-likeness (QED) is 0.843. The third-order valence-corrected chi connectivity index (χ3v) is 5.00. The third-order valence-electron chi connectivity index (χ3n) is 4.64. The number of hydrogen-bond acceptors (Lipinski definition) is 4. The van der Waals surface area contributed by atoms with Gasteiger partial charge >= 0.3 is 0 Å². The fourth-order valence-electron chi connectivity index (χ4n) is 3.36. The maximum absolute atomic E-state index is 12.4. The van der Waals surface area contributed by atoms with Gasteiger partial charge in [-0.05, 0) is 43.7 Å². The van der Waals surface area contributed by atoms with Crippen LogP contribution in [-0.2, 0) is 6.54 Å². The first-order valence-electron chi connectivity index (χ1n) is 8.43. The van der Waals surface area contributed by atoms with Crippen LogP contribution in [0.4, 0.5) is 5.69 Å². The molecule has 1 aromatic carbocycles. The van der Waals surface area contributed by atoms with Gasteiger partial charge in [0.05, 0.1) is 18.4 Å². The average Bonchev–Trinajstić information content (AvgIpc) is 3.03. The Morgan fingerprint density at radius 1 is 1.29 bits per heavy atom. The minimum absolute atomic E-state index is 0.211.